The van der Waals surface area contributed by atoms with Crippen molar-refractivity contribution in [1.29, 1.82) is 0 Å². The molecule has 2 aromatic heterocycles. The number of rotatable bonds is 2. The van der Waals surface area contributed by atoms with E-state index in [1.165, 1.54) is 12.1 Å². The first-order chi connectivity index (χ1) is 9.50. The number of aromatic amines is 1. The van der Waals surface area contributed by atoms with Gasteiger partial charge in [0.25, 0.3) is 6.43 Å². The number of aromatic nitrogens is 4. The molecule has 3 rings (SSSR count). The van der Waals surface area contributed by atoms with Gasteiger partial charge in [-0.15, -0.1) is 0 Å². The summed E-state index contributed by atoms with van der Waals surface area (Å²) in [5.41, 5.74) is 4.81. The van der Waals surface area contributed by atoms with E-state index < -0.39 is 17.9 Å². The Labute approximate surface area is 115 Å². The molecule has 3 N–H and O–H groups in total. The molecule has 0 bridgehead atoms. The van der Waals surface area contributed by atoms with Crippen LogP contribution in [0.15, 0.2) is 18.2 Å². The molecule has 2 heterocycles. The number of H-pyrrole nitrogens is 1. The lowest BCUT2D eigenvalue weighted by atomic mass is 10.3. The van der Waals surface area contributed by atoms with Gasteiger partial charge in [0.05, 0.1) is 10.4 Å². The number of nitrogens with one attached hydrogen (secondary N) is 1. The Balaban J connectivity index is 2.38. The summed E-state index contributed by atoms with van der Waals surface area (Å²) in [6, 6.07) is 3.97. The number of nitrogens with zero attached hydrogens (tertiary/aromatic N) is 3. The van der Waals surface area contributed by atoms with Gasteiger partial charge < -0.3 is 5.73 Å². The van der Waals surface area contributed by atoms with Crippen LogP contribution in [0.25, 0.3) is 16.7 Å². The van der Waals surface area contributed by atoms with Crippen molar-refractivity contribution in [3.05, 3.63) is 34.7 Å². The maximum absolute atomic E-state index is 13.9. The highest BCUT2D eigenvalue weighted by atomic mass is 35.5. The topological polar surface area (TPSA) is 72.5 Å². The summed E-state index contributed by atoms with van der Waals surface area (Å²) in [4.78, 5) is 0. The highest BCUT2D eigenvalue weighted by molar-refractivity contribution is 6.32. The minimum atomic E-state index is -2.87. The first-order valence-corrected chi connectivity index (χ1v) is 5.83. The molecule has 20 heavy (non-hydrogen) atoms. The molecule has 0 aliphatic heterocycles. The number of anilines is 1. The van der Waals surface area contributed by atoms with Crippen LogP contribution in [-0.4, -0.2) is 20.0 Å². The fraction of sp³-hybridized carbons (Fsp3) is 0.0909. The second-order valence-corrected chi connectivity index (χ2v) is 4.41. The van der Waals surface area contributed by atoms with Crippen molar-refractivity contribution in [3.63, 3.8) is 0 Å². The Hall–Kier alpha value is -2.22. The van der Waals surface area contributed by atoms with Crippen molar-refractivity contribution < 1.29 is 13.2 Å². The molecular formula is C11H7ClF3N5. The van der Waals surface area contributed by atoms with Crippen molar-refractivity contribution >= 4 is 28.5 Å². The predicted octanol–water partition coefficient (Wildman–Crippen LogP) is 3.06. The van der Waals surface area contributed by atoms with E-state index in [0.717, 1.165) is 10.7 Å². The SMILES string of the molecule is Nc1[nH]nc2c1c(C(F)F)nn2-c1c(F)cccc1Cl. The van der Waals surface area contributed by atoms with Gasteiger partial charge in [0.15, 0.2) is 5.65 Å². The maximum atomic E-state index is 13.9. The third-order valence-electron chi connectivity index (χ3n) is 2.80. The fourth-order valence-corrected chi connectivity index (χ4v) is 2.20. The number of hydrogen-bond donors (Lipinski definition) is 2. The Kier molecular flexibility index (Phi) is 2.82. The molecule has 9 heteroatoms. The van der Waals surface area contributed by atoms with Crippen LogP contribution < -0.4 is 5.73 Å². The quantitative estimate of drug-likeness (QED) is 0.764. The molecule has 5 nitrogen and oxygen atoms in total. The Morgan fingerprint density at radius 3 is 2.75 bits per heavy atom. The van der Waals surface area contributed by atoms with E-state index >= 15 is 0 Å². The monoisotopic (exact) mass is 301 g/mol. The molecule has 0 aliphatic carbocycles. The summed E-state index contributed by atoms with van der Waals surface area (Å²) in [7, 11) is 0. The molecule has 0 spiro atoms. The number of nitrogens with two attached hydrogens (primary N) is 1. The number of halogens is 4. The van der Waals surface area contributed by atoms with E-state index in [2.05, 4.69) is 15.3 Å². The van der Waals surface area contributed by atoms with Gasteiger partial charge in [-0.3, -0.25) is 5.10 Å². The van der Waals surface area contributed by atoms with Gasteiger partial charge in [0, 0.05) is 0 Å². The van der Waals surface area contributed by atoms with Gasteiger partial charge in [0.2, 0.25) is 0 Å². The van der Waals surface area contributed by atoms with E-state index in [1.807, 2.05) is 0 Å². The third kappa shape index (κ3) is 1.72. The minimum Gasteiger partial charge on any atom is -0.383 e. The van der Waals surface area contributed by atoms with Gasteiger partial charge in [-0.05, 0) is 12.1 Å². The second kappa shape index (κ2) is 4.41. The number of para-hydroxylation sites is 1. The fourth-order valence-electron chi connectivity index (χ4n) is 1.96. The lowest BCUT2D eigenvalue weighted by Gasteiger charge is -2.05. The van der Waals surface area contributed by atoms with Crippen molar-refractivity contribution in [2.45, 2.75) is 6.43 Å². The van der Waals surface area contributed by atoms with Crippen LogP contribution in [0, 0.1) is 5.82 Å². The third-order valence-corrected chi connectivity index (χ3v) is 3.10. The Morgan fingerprint density at radius 1 is 1.35 bits per heavy atom. The number of fused-ring (bicyclic) bond motifs is 1. The number of alkyl halides is 2. The van der Waals surface area contributed by atoms with E-state index in [9.17, 15) is 13.2 Å². The van der Waals surface area contributed by atoms with Gasteiger partial charge >= 0.3 is 0 Å². The summed E-state index contributed by atoms with van der Waals surface area (Å²) in [5.74, 6) is -0.765. The van der Waals surface area contributed by atoms with Crippen molar-refractivity contribution in [2.75, 3.05) is 5.73 Å². The van der Waals surface area contributed by atoms with Crippen LogP contribution >= 0.6 is 11.6 Å². The maximum Gasteiger partial charge on any atom is 0.282 e. The predicted molar refractivity (Wildman–Crippen MR) is 67.6 cm³/mol. The normalized spacial score (nSPS) is 11.7. The van der Waals surface area contributed by atoms with Gasteiger partial charge in [0.1, 0.15) is 23.0 Å². The highest BCUT2D eigenvalue weighted by Crippen LogP contribution is 2.33. The first-order valence-electron chi connectivity index (χ1n) is 5.45. The molecule has 0 saturated carbocycles. The number of nitrogen functional groups attached to an aromatic ring is 1. The average molecular weight is 302 g/mol. The molecule has 0 saturated heterocycles. The molecule has 3 aromatic rings. The molecular weight excluding hydrogens is 295 g/mol. The molecule has 0 fully saturated rings. The first kappa shape index (κ1) is 12.8. The lowest BCUT2D eigenvalue weighted by molar-refractivity contribution is 0.147. The lowest BCUT2D eigenvalue weighted by Crippen LogP contribution is -2.02. The minimum absolute atomic E-state index is 0.00944. The molecule has 1 aromatic carbocycles. The van der Waals surface area contributed by atoms with Crippen LogP contribution in [0.5, 0.6) is 0 Å². The zero-order valence-electron chi connectivity index (χ0n) is 9.74. The number of benzene rings is 1. The standard InChI is InChI=1S/C11H7ClF3N5/c12-4-2-1-3-5(13)8(4)20-11-6(10(16)17-18-11)7(19-20)9(14)15/h1-3,9H,(H3,16,17,18). The molecule has 0 atom stereocenters. The van der Waals surface area contributed by atoms with Crippen molar-refractivity contribution in [2.24, 2.45) is 0 Å². The second-order valence-electron chi connectivity index (χ2n) is 4.00. The number of hydrogen-bond acceptors (Lipinski definition) is 3. The van der Waals surface area contributed by atoms with Gasteiger partial charge in [-0.1, -0.05) is 17.7 Å². The largest absolute Gasteiger partial charge is 0.383 e. The Morgan fingerprint density at radius 2 is 2.10 bits per heavy atom. The van der Waals surface area contributed by atoms with E-state index in [1.54, 1.807) is 0 Å². The van der Waals surface area contributed by atoms with Crippen LogP contribution in [0.2, 0.25) is 5.02 Å². The van der Waals surface area contributed by atoms with Crippen molar-refractivity contribution in [3.8, 4) is 5.69 Å². The van der Waals surface area contributed by atoms with Gasteiger partial charge in [-0.2, -0.15) is 10.2 Å². The zero-order chi connectivity index (χ0) is 14.4. The Bertz CT molecular complexity index is 775. The smallest absolute Gasteiger partial charge is 0.282 e. The van der Waals surface area contributed by atoms with E-state index in [0.29, 0.717) is 0 Å². The summed E-state index contributed by atoms with van der Waals surface area (Å²) in [6.07, 6.45) is -2.87. The van der Waals surface area contributed by atoms with Crippen LogP contribution in [0.4, 0.5) is 19.0 Å². The van der Waals surface area contributed by atoms with E-state index in [-0.39, 0.29) is 27.6 Å². The summed E-state index contributed by atoms with van der Waals surface area (Å²) in [6.45, 7) is 0. The zero-order valence-corrected chi connectivity index (χ0v) is 10.5. The average Bonchev–Trinajstić information content (AvgIpc) is 2.92. The van der Waals surface area contributed by atoms with E-state index in [4.69, 9.17) is 17.3 Å². The molecule has 0 amide bonds. The molecule has 0 radical (unpaired) electrons. The summed E-state index contributed by atoms with van der Waals surface area (Å²) in [5, 5.41) is 9.80. The van der Waals surface area contributed by atoms with Crippen LogP contribution in [0.1, 0.15) is 12.1 Å². The molecule has 104 valence electrons. The van der Waals surface area contributed by atoms with Crippen molar-refractivity contribution in [1.82, 2.24) is 20.0 Å². The summed E-state index contributed by atoms with van der Waals surface area (Å²) < 4.78 is 40.8. The molecule has 0 aliphatic rings. The summed E-state index contributed by atoms with van der Waals surface area (Å²) >= 11 is 5.90. The van der Waals surface area contributed by atoms with Crippen LogP contribution in [0.3, 0.4) is 0 Å². The van der Waals surface area contributed by atoms with Gasteiger partial charge in [-0.25, -0.2) is 17.9 Å². The highest BCUT2D eigenvalue weighted by Gasteiger charge is 2.25. The molecule has 0 unspecified atom stereocenters. The van der Waals surface area contributed by atoms with Crippen LogP contribution in [-0.2, 0) is 0 Å².